The molecule has 2 heterocycles. The van der Waals surface area contributed by atoms with Crippen molar-refractivity contribution in [2.75, 3.05) is 13.7 Å². The van der Waals surface area contributed by atoms with Crippen LogP contribution in [-0.4, -0.2) is 62.3 Å². The third kappa shape index (κ3) is 7.41. The van der Waals surface area contributed by atoms with Gasteiger partial charge in [0, 0.05) is 5.56 Å². The molecule has 0 N–H and O–H groups in total. The van der Waals surface area contributed by atoms with Gasteiger partial charge < -0.3 is 33.2 Å². The highest BCUT2D eigenvalue weighted by molar-refractivity contribution is 5.91. The standard InChI is InChI=1S/C38H36O10/c1-22-5-11-25(12-6-22)34(39)43-21-30-31(45-35(40)26-13-7-23(2)8-14-26)32(46-36(41)27-15-9-24(3)10-16-27)33-38(44-30)48-37(47-33)28-17-19-29(42-4)20-18-28/h5-20,30-33,37-38H,21H2,1-4H3/t30-,31-,32+,33+,37?,38+/m1/s1. The number of hydrogen-bond donors (Lipinski definition) is 0. The SMILES string of the molecule is COc1ccc(C2O[C@@H]3O[C@H](COC(=O)c4ccc(C)cc4)[C@@H](OC(=O)c4ccc(C)cc4)[C@H](OC(=O)c4ccc(C)cc4)[C@@H]3O2)cc1. The molecule has 0 amide bonds. The Kier molecular flexibility index (Phi) is 9.86. The van der Waals surface area contributed by atoms with E-state index in [4.69, 9.17) is 33.2 Å². The normalized spacial score (nSPS) is 23.1. The van der Waals surface area contributed by atoms with E-state index in [1.165, 1.54) is 0 Å². The maximum Gasteiger partial charge on any atom is 0.338 e. The van der Waals surface area contributed by atoms with Gasteiger partial charge in [0.1, 0.15) is 18.5 Å². The number of rotatable bonds is 9. The molecule has 2 aliphatic rings. The van der Waals surface area contributed by atoms with Gasteiger partial charge in [-0.1, -0.05) is 65.2 Å². The zero-order valence-electron chi connectivity index (χ0n) is 27.0. The molecule has 6 rings (SSSR count). The Morgan fingerprint density at radius 3 is 1.56 bits per heavy atom. The number of benzene rings is 4. The number of aryl methyl sites for hydroxylation is 3. The summed E-state index contributed by atoms with van der Waals surface area (Å²) in [6.07, 6.45) is -6.54. The van der Waals surface area contributed by atoms with Crippen LogP contribution in [0.5, 0.6) is 5.75 Å². The number of ether oxygens (including phenoxy) is 7. The summed E-state index contributed by atoms with van der Waals surface area (Å²) in [5.74, 6) is -1.30. The summed E-state index contributed by atoms with van der Waals surface area (Å²) in [5.41, 5.74) is 4.48. The summed E-state index contributed by atoms with van der Waals surface area (Å²) in [6, 6.07) is 27.7. The second-order valence-corrected chi connectivity index (χ2v) is 11.8. The van der Waals surface area contributed by atoms with Gasteiger partial charge in [0.05, 0.1) is 23.8 Å². The zero-order chi connectivity index (χ0) is 33.8. The predicted octanol–water partition coefficient (Wildman–Crippen LogP) is 6.07. The molecule has 2 saturated heterocycles. The Hall–Kier alpha value is -5.03. The second-order valence-electron chi connectivity index (χ2n) is 11.8. The molecule has 0 saturated carbocycles. The minimum atomic E-state index is -1.25. The molecule has 248 valence electrons. The molecule has 4 aromatic rings. The van der Waals surface area contributed by atoms with Crippen LogP contribution < -0.4 is 4.74 Å². The molecule has 0 bridgehead atoms. The fourth-order valence-corrected chi connectivity index (χ4v) is 5.45. The molecule has 0 radical (unpaired) electrons. The summed E-state index contributed by atoms with van der Waals surface area (Å²) in [5, 5.41) is 0. The molecular weight excluding hydrogens is 616 g/mol. The Morgan fingerprint density at radius 2 is 1.06 bits per heavy atom. The van der Waals surface area contributed by atoms with Crippen LogP contribution >= 0.6 is 0 Å². The van der Waals surface area contributed by atoms with Crippen molar-refractivity contribution in [3.05, 3.63) is 136 Å². The number of esters is 3. The first-order chi connectivity index (χ1) is 23.2. The van der Waals surface area contributed by atoms with Crippen LogP contribution in [0.4, 0.5) is 0 Å². The van der Waals surface area contributed by atoms with E-state index < -0.39 is 54.9 Å². The summed E-state index contributed by atoms with van der Waals surface area (Å²) < 4.78 is 41.9. The highest BCUT2D eigenvalue weighted by atomic mass is 16.8. The van der Waals surface area contributed by atoms with E-state index in [9.17, 15) is 14.4 Å². The van der Waals surface area contributed by atoms with Gasteiger partial charge in [-0.05, 0) is 69.3 Å². The molecule has 2 aliphatic heterocycles. The molecule has 10 nitrogen and oxygen atoms in total. The number of methoxy groups -OCH3 is 1. The smallest absolute Gasteiger partial charge is 0.338 e. The molecule has 2 fully saturated rings. The molecule has 10 heteroatoms. The molecule has 0 aromatic heterocycles. The van der Waals surface area contributed by atoms with Crippen molar-refractivity contribution < 1.29 is 47.5 Å². The monoisotopic (exact) mass is 652 g/mol. The lowest BCUT2D eigenvalue weighted by Gasteiger charge is -2.41. The van der Waals surface area contributed by atoms with Crippen molar-refractivity contribution in [2.24, 2.45) is 0 Å². The van der Waals surface area contributed by atoms with E-state index in [1.807, 2.05) is 20.8 Å². The van der Waals surface area contributed by atoms with Crippen LogP contribution in [0.2, 0.25) is 0 Å². The predicted molar refractivity (Wildman–Crippen MR) is 173 cm³/mol. The Balaban J connectivity index is 1.32. The van der Waals surface area contributed by atoms with Gasteiger partial charge in [0.25, 0.3) is 0 Å². The Morgan fingerprint density at radius 1 is 0.583 bits per heavy atom. The fourth-order valence-electron chi connectivity index (χ4n) is 5.45. The van der Waals surface area contributed by atoms with Gasteiger partial charge in [0.15, 0.2) is 30.9 Å². The van der Waals surface area contributed by atoms with Crippen LogP contribution in [0.25, 0.3) is 0 Å². The highest BCUT2D eigenvalue weighted by Gasteiger charge is 2.56. The first-order valence-electron chi connectivity index (χ1n) is 15.6. The topological polar surface area (TPSA) is 116 Å². The summed E-state index contributed by atoms with van der Waals surface area (Å²) in [6.45, 7) is 5.39. The van der Waals surface area contributed by atoms with Crippen molar-refractivity contribution in [2.45, 2.75) is 57.8 Å². The summed E-state index contributed by atoms with van der Waals surface area (Å²) in [7, 11) is 1.57. The van der Waals surface area contributed by atoms with Crippen LogP contribution in [-0.2, 0) is 28.4 Å². The quantitative estimate of drug-likeness (QED) is 0.156. The van der Waals surface area contributed by atoms with E-state index in [0.29, 0.717) is 22.4 Å². The first kappa shape index (κ1) is 32.9. The number of hydrogen-bond acceptors (Lipinski definition) is 10. The average molecular weight is 653 g/mol. The van der Waals surface area contributed by atoms with Crippen molar-refractivity contribution in [1.82, 2.24) is 0 Å². The number of fused-ring (bicyclic) bond motifs is 1. The minimum absolute atomic E-state index is 0.279. The molecule has 48 heavy (non-hydrogen) atoms. The third-order valence-electron chi connectivity index (χ3n) is 8.24. The first-order valence-corrected chi connectivity index (χ1v) is 15.6. The lowest BCUT2D eigenvalue weighted by molar-refractivity contribution is -0.252. The van der Waals surface area contributed by atoms with Crippen LogP contribution in [0.3, 0.4) is 0 Å². The van der Waals surface area contributed by atoms with Gasteiger partial charge in [-0.25, -0.2) is 14.4 Å². The molecule has 4 aromatic carbocycles. The van der Waals surface area contributed by atoms with Crippen molar-refractivity contribution in [3.63, 3.8) is 0 Å². The van der Waals surface area contributed by atoms with Crippen molar-refractivity contribution >= 4 is 17.9 Å². The van der Waals surface area contributed by atoms with Gasteiger partial charge in [-0.2, -0.15) is 0 Å². The van der Waals surface area contributed by atoms with Crippen LogP contribution in [0.15, 0.2) is 97.1 Å². The average Bonchev–Trinajstić information content (AvgIpc) is 3.53. The number of carbonyl (C=O) groups is 3. The summed E-state index contributed by atoms with van der Waals surface area (Å²) >= 11 is 0. The Labute approximate surface area is 278 Å². The van der Waals surface area contributed by atoms with E-state index in [-0.39, 0.29) is 12.2 Å². The third-order valence-corrected chi connectivity index (χ3v) is 8.24. The van der Waals surface area contributed by atoms with E-state index in [1.54, 1.807) is 104 Å². The second kappa shape index (κ2) is 14.4. The lowest BCUT2D eigenvalue weighted by Crippen LogP contribution is -2.60. The summed E-state index contributed by atoms with van der Waals surface area (Å²) in [4.78, 5) is 40.1. The van der Waals surface area contributed by atoms with Gasteiger partial charge in [0.2, 0.25) is 0 Å². The highest BCUT2D eigenvalue weighted by Crippen LogP contribution is 2.41. The maximum atomic E-state index is 13.6. The molecule has 6 atom stereocenters. The largest absolute Gasteiger partial charge is 0.497 e. The zero-order valence-corrected chi connectivity index (χ0v) is 27.0. The molecule has 0 spiro atoms. The fraction of sp³-hybridized carbons (Fsp3) is 0.289. The van der Waals surface area contributed by atoms with Crippen LogP contribution in [0.1, 0.15) is 59.6 Å². The maximum absolute atomic E-state index is 13.6. The Bertz CT molecular complexity index is 1730. The van der Waals surface area contributed by atoms with E-state index in [0.717, 1.165) is 16.7 Å². The van der Waals surface area contributed by atoms with E-state index >= 15 is 0 Å². The van der Waals surface area contributed by atoms with Crippen molar-refractivity contribution in [3.8, 4) is 5.75 Å². The van der Waals surface area contributed by atoms with Gasteiger partial charge in [-0.3, -0.25) is 0 Å². The minimum Gasteiger partial charge on any atom is -0.497 e. The van der Waals surface area contributed by atoms with Gasteiger partial charge >= 0.3 is 17.9 Å². The van der Waals surface area contributed by atoms with Gasteiger partial charge in [-0.15, -0.1) is 0 Å². The van der Waals surface area contributed by atoms with Crippen LogP contribution in [0, 0.1) is 20.8 Å². The molecular formula is C38H36O10. The van der Waals surface area contributed by atoms with Crippen molar-refractivity contribution in [1.29, 1.82) is 0 Å². The lowest BCUT2D eigenvalue weighted by atomic mass is 9.98. The molecule has 1 unspecified atom stereocenters. The number of carbonyl (C=O) groups excluding carboxylic acids is 3. The molecule has 0 aliphatic carbocycles. The van der Waals surface area contributed by atoms with E-state index in [2.05, 4.69) is 0 Å².